The van der Waals surface area contributed by atoms with Gasteiger partial charge in [0.2, 0.25) is 0 Å². The number of rotatable bonds is 5. The molecule has 122 valence electrons. The van der Waals surface area contributed by atoms with E-state index in [0.29, 0.717) is 18.6 Å². The molecule has 0 radical (unpaired) electrons. The number of morpholine rings is 1. The number of nitrogens with zero attached hydrogens (tertiary/aromatic N) is 1. The molecule has 0 amide bonds. The number of methoxy groups -OCH3 is 1. The standard InChI is InChI=1S/C18H27NO3/c1-21-12-15-5-2-4-14(10-15)11-19-8-9-22-13-17(19)16-6-3-7-18(16)20/h2,4-5,10,16-18,20H,3,6-9,11-13H2,1H3/t16-,17+,18+/m0/s1. The predicted molar refractivity (Wildman–Crippen MR) is 85.5 cm³/mol. The van der Waals surface area contributed by atoms with Crippen LogP contribution >= 0.6 is 0 Å². The lowest BCUT2D eigenvalue weighted by molar-refractivity contribution is -0.0536. The van der Waals surface area contributed by atoms with Crippen molar-refractivity contribution in [3.8, 4) is 0 Å². The molecule has 4 nitrogen and oxygen atoms in total. The zero-order chi connectivity index (χ0) is 15.4. The van der Waals surface area contributed by atoms with E-state index in [2.05, 4.69) is 29.2 Å². The third kappa shape index (κ3) is 3.69. The molecular formula is C18H27NO3. The van der Waals surface area contributed by atoms with E-state index < -0.39 is 0 Å². The molecule has 3 atom stereocenters. The summed E-state index contributed by atoms with van der Waals surface area (Å²) in [6, 6.07) is 8.95. The monoisotopic (exact) mass is 305 g/mol. The molecule has 1 saturated heterocycles. The molecule has 0 spiro atoms. The Balaban J connectivity index is 1.69. The molecule has 1 aromatic carbocycles. The lowest BCUT2D eigenvalue weighted by Crippen LogP contribution is -2.50. The molecular weight excluding hydrogens is 278 g/mol. The van der Waals surface area contributed by atoms with E-state index in [1.165, 1.54) is 11.1 Å². The number of hydrogen-bond donors (Lipinski definition) is 1. The Morgan fingerprint density at radius 1 is 1.32 bits per heavy atom. The molecule has 1 aromatic rings. The maximum absolute atomic E-state index is 10.2. The molecule has 2 aliphatic rings. The van der Waals surface area contributed by atoms with Crippen molar-refractivity contribution in [2.45, 2.75) is 44.6 Å². The van der Waals surface area contributed by atoms with Crippen LogP contribution in [0.15, 0.2) is 24.3 Å². The van der Waals surface area contributed by atoms with Gasteiger partial charge in [-0.1, -0.05) is 30.7 Å². The van der Waals surface area contributed by atoms with Gasteiger partial charge in [-0.2, -0.15) is 0 Å². The number of aliphatic hydroxyl groups is 1. The average molecular weight is 305 g/mol. The molecule has 22 heavy (non-hydrogen) atoms. The van der Waals surface area contributed by atoms with Gasteiger partial charge in [0.1, 0.15) is 0 Å². The molecule has 0 bridgehead atoms. The lowest BCUT2D eigenvalue weighted by atomic mass is 9.94. The molecule has 3 rings (SSSR count). The SMILES string of the molecule is COCc1cccc(CN2CCOC[C@@H]2[C@@H]2CCC[C@H]2O)c1. The smallest absolute Gasteiger partial charge is 0.0713 e. The van der Waals surface area contributed by atoms with Crippen LogP contribution in [0.25, 0.3) is 0 Å². The van der Waals surface area contributed by atoms with Crippen molar-refractivity contribution in [2.24, 2.45) is 5.92 Å². The van der Waals surface area contributed by atoms with Gasteiger partial charge in [0.15, 0.2) is 0 Å². The van der Waals surface area contributed by atoms with Gasteiger partial charge in [0.05, 0.1) is 25.9 Å². The molecule has 1 aliphatic heterocycles. The Morgan fingerprint density at radius 3 is 2.95 bits per heavy atom. The number of benzene rings is 1. The number of ether oxygens (including phenoxy) is 2. The van der Waals surface area contributed by atoms with Gasteiger partial charge in [-0.3, -0.25) is 4.90 Å². The van der Waals surface area contributed by atoms with Gasteiger partial charge in [-0.25, -0.2) is 0 Å². The molecule has 0 unspecified atom stereocenters. The summed E-state index contributed by atoms with van der Waals surface area (Å²) in [5.41, 5.74) is 2.53. The van der Waals surface area contributed by atoms with Crippen molar-refractivity contribution in [3.05, 3.63) is 35.4 Å². The second kappa shape index (κ2) is 7.55. The average Bonchev–Trinajstić information content (AvgIpc) is 2.95. The summed E-state index contributed by atoms with van der Waals surface area (Å²) in [6.07, 6.45) is 3.04. The van der Waals surface area contributed by atoms with Crippen molar-refractivity contribution in [1.82, 2.24) is 4.90 Å². The highest BCUT2D eigenvalue weighted by molar-refractivity contribution is 5.23. The highest BCUT2D eigenvalue weighted by Crippen LogP contribution is 2.32. The van der Waals surface area contributed by atoms with Crippen LogP contribution in [0.2, 0.25) is 0 Å². The van der Waals surface area contributed by atoms with Crippen molar-refractivity contribution in [1.29, 1.82) is 0 Å². The molecule has 2 fully saturated rings. The van der Waals surface area contributed by atoms with Crippen LogP contribution in [-0.4, -0.2) is 49.0 Å². The topological polar surface area (TPSA) is 41.9 Å². The van der Waals surface area contributed by atoms with Crippen LogP contribution in [0.1, 0.15) is 30.4 Å². The quantitative estimate of drug-likeness (QED) is 0.905. The maximum atomic E-state index is 10.2. The minimum Gasteiger partial charge on any atom is -0.393 e. The number of hydrogen-bond acceptors (Lipinski definition) is 4. The van der Waals surface area contributed by atoms with E-state index in [-0.39, 0.29) is 6.10 Å². The van der Waals surface area contributed by atoms with E-state index in [1.807, 2.05) is 0 Å². The van der Waals surface area contributed by atoms with Gasteiger partial charge in [0.25, 0.3) is 0 Å². The first-order valence-corrected chi connectivity index (χ1v) is 8.34. The van der Waals surface area contributed by atoms with Gasteiger partial charge in [-0.15, -0.1) is 0 Å². The predicted octanol–water partition coefficient (Wildman–Crippen LogP) is 2.19. The first-order chi connectivity index (χ1) is 10.8. The van der Waals surface area contributed by atoms with Gasteiger partial charge < -0.3 is 14.6 Å². The van der Waals surface area contributed by atoms with Crippen LogP contribution in [0.5, 0.6) is 0 Å². The van der Waals surface area contributed by atoms with Crippen LogP contribution in [-0.2, 0) is 22.6 Å². The van der Waals surface area contributed by atoms with Gasteiger partial charge >= 0.3 is 0 Å². The Morgan fingerprint density at radius 2 is 2.18 bits per heavy atom. The van der Waals surface area contributed by atoms with E-state index in [9.17, 15) is 5.11 Å². The second-order valence-electron chi connectivity index (χ2n) is 6.53. The summed E-state index contributed by atoms with van der Waals surface area (Å²) in [7, 11) is 1.73. The molecule has 1 N–H and O–H groups in total. The van der Waals surface area contributed by atoms with Crippen molar-refractivity contribution < 1.29 is 14.6 Å². The minimum atomic E-state index is -0.158. The fourth-order valence-electron chi connectivity index (χ4n) is 3.88. The number of aliphatic hydroxyl groups excluding tert-OH is 1. The normalized spacial score (nSPS) is 29.8. The Hall–Kier alpha value is -0.940. The van der Waals surface area contributed by atoms with Crippen molar-refractivity contribution >= 4 is 0 Å². The first-order valence-electron chi connectivity index (χ1n) is 8.34. The van der Waals surface area contributed by atoms with E-state index in [0.717, 1.165) is 45.6 Å². The summed E-state index contributed by atoms with van der Waals surface area (Å²) in [5.74, 6) is 0.363. The van der Waals surface area contributed by atoms with Crippen LogP contribution in [0, 0.1) is 5.92 Å². The van der Waals surface area contributed by atoms with E-state index >= 15 is 0 Å². The molecule has 1 heterocycles. The summed E-state index contributed by atoms with van der Waals surface area (Å²) >= 11 is 0. The Labute approximate surface area is 133 Å². The van der Waals surface area contributed by atoms with Crippen molar-refractivity contribution in [3.63, 3.8) is 0 Å². The fourth-order valence-corrected chi connectivity index (χ4v) is 3.88. The zero-order valence-corrected chi connectivity index (χ0v) is 13.4. The van der Waals surface area contributed by atoms with Crippen LogP contribution < -0.4 is 0 Å². The third-order valence-corrected chi connectivity index (χ3v) is 4.99. The Bertz CT molecular complexity index is 479. The van der Waals surface area contributed by atoms with E-state index in [1.54, 1.807) is 7.11 Å². The zero-order valence-electron chi connectivity index (χ0n) is 13.4. The summed E-state index contributed by atoms with van der Waals surface area (Å²) in [5, 5.41) is 10.2. The largest absolute Gasteiger partial charge is 0.393 e. The molecule has 1 saturated carbocycles. The van der Waals surface area contributed by atoms with Crippen molar-refractivity contribution in [2.75, 3.05) is 26.9 Å². The van der Waals surface area contributed by atoms with Crippen LogP contribution in [0.4, 0.5) is 0 Å². The minimum absolute atomic E-state index is 0.158. The Kier molecular flexibility index (Phi) is 5.47. The summed E-state index contributed by atoms with van der Waals surface area (Å²) in [4.78, 5) is 2.49. The van der Waals surface area contributed by atoms with E-state index in [4.69, 9.17) is 9.47 Å². The molecule has 4 heteroatoms. The lowest BCUT2D eigenvalue weighted by Gasteiger charge is -2.40. The van der Waals surface area contributed by atoms with Gasteiger partial charge in [-0.05, 0) is 24.0 Å². The maximum Gasteiger partial charge on any atom is 0.0713 e. The van der Waals surface area contributed by atoms with Gasteiger partial charge in [0, 0.05) is 32.2 Å². The first kappa shape index (κ1) is 15.9. The van der Waals surface area contributed by atoms with Crippen LogP contribution in [0.3, 0.4) is 0 Å². The second-order valence-corrected chi connectivity index (χ2v) is 6.53. The third-order valence-electron chi connectivity index (χ3n) is 4.99. The fraction of sp³-hybridized carbons (Fsp3) is 0.667. The highest BCUT2D eigenvalue weighted by Gasteiger charge is 2.37. The summed E-state index contributed by atoms with van der Waals surface area (Å²) in [6.45, 7) is 4.06. The summed E-state index contributed by atoms with van der Waals surface area (Å²) < 4.78 is 10.9. The molecule has 1 aliphatic carbocycles. The highest BCUT2D eigenvalue weighted by atomic mass is 16.5. The molecule has 0 aromatic heterocycles.